The molecule has 1 aliphatic rings. The van der Waals surface area contributed by atoms with Gasteiger partial charge < -0.3 is 0 Å². The van der Waals surface area contributed by atoms with Crippen LogP contribution >= 0.6 is 11.6 Å². The fourth-order valence-corrected chi connectivity index (χ4v) is 1.35. The predicted molar refractivity (Wildman–Crippen MR) is 46.4 cm³/mol. The van der Waals surface area contributed by atoms with Crippen molar-refractivity contribution < 1.29 is 0 Å². The fourth-order valence-electron chi connectivity index (χ4n) is 0.957. The summed E-state index contributed by atoms with van der Waals surface area (Å²) in [4.78, 5) is 0. The smallest absolute Gasteiger partial charge is 0.0436 e. The molecule has 0 nitrogen and oxygen atoms in total. The van der Waals surface area contributed by atoms with Gasteiger partial charge in [-0.2, -0.15) is 0 Å². The molecule has 0 aromatic rings. The SMILES string of the molecule is CC(C)/C(=C\C1CC1)CCl. The number of hydrogen-bond donors (Lipinski definition) is 0. The Morgan fingerprint density at radius 3 is 2.50 bits per heavy atom. The van der Waals surface area contributed by atoms with Gasteiger partial charge >= 0.3 is 0 Å². The van der Waals surface area contributed by atoms with Crippen LogP contribution in [0.5, 0.6) is 0 Å². The Morgan fingerprint density at radius 2 is 2.20 bits per heavy atom. The zero-order valence-corrected chi connectivity index (χ0v) is 7.49. The number of hydrogen-bond acceptors (Lipinski definition) is 0. The van der Waals surface area contributed by atoms with Crippen LogP contribution in [0.25, 0.3) is 0 Å². The largest absolute Gasteiger partial charge is 0.122 e. The summed E-state index contributed by atoms with van der Waals surface area (Å²) in [7, 11) is 0. The molecule has 0 unspecified atom stereocenters. The highest BCUT2D eigenvalue weighted by molar-refractivity contribution is 6.19. The molecule has 10 heavy (non-hydrogen) atoms. The maximum Gasteiger partial charge on any atom is 0.0436 e. The first-order chi connectivity index (χ1) is 4.74. The summed E-state index contributed by atoms with van der Waals surface area (Å²) in [5, 5.41) is 0. The highest BCUT2D eigenvalue weighted by Gasteiger charge is 2.19. The van der Waals surface area contributed by atoms with Crippen molar-refractivity contribution in [1.29, 1.82) is 0 Å². The maximum atomic E-state index is 5.77. The minimum Gasteiger partial charge on any atom is -0.122 e. The van der Waals surface area contributed by atoms with Crippen LogP contribution in [0, 0.1) is 11.8 Å². The number of rotatable bonds is 3. The van der Waals surface area contributed by atoms with Gasteiger partial charge in [0.15, 0.2) is 0 Å². The molecule has 0 aliphatic heterocycles. The van der Waals surface area contributed by atoms with Gasteiger partial charge in [-0.3, -0.25) is 0 Å². The van der Waals surface area contributed by atoms with Crippen molar-refractivity contribution in [1.82, 2.24) is 0 Å². The summed E-state index contributed by atoms with van der Waals surface area (Å²) in [6, 6.07) is 0. The van der Waals surface area contributed by atoms with Gasteiger partial charge in [0.1, 0.15) is 0 Å². The van der Waals surface area contributed by atoms with Crippen LogP contribution in [0.2, 0.25) is 0 Å². The van der Waals surface area contributed by atoms with Crippen LogP contribution in [-0.2, 0) is 0 Å². The lowest BCUT2D eigenvalue weighted by atomic mass is 10.0. The van der Waals surface area contributed by atoms with E-state index in [4.69, 9.17) is 11.6 Å². The lowest BCUT2D eigenvalue weighted by Gasteiger charge is -2.06. The standard InChI is InChI=1S/C9H15Cl/c1-7(2)9(6-10)5-8-3-4-8/h5,7-8H,3-4,6H2,1-2H3/b9-5-. The van der Waals surface area contributed by atoms with Crippen molar-refractivity contribution in [3.63, 3.8) is 0 Å². The molecule has 0 N–H and O–H groups in total. The molecule has 0 spiro atoms. The molecule has 0 aromatic heterocycles. The molecule has 0 heterocycles. The summed E-state index contributed by atoms with van der Waals surface area (Å²) in [5.41, 5.74) is 1.42. The van der Waals surface area contributed by atoms with E-state index in [1.165, 1.54) is 18.4 Å². The van der Waals surface area contributed by atoms with Crippen LogP contribution in [0.1, 0.15) is 26.7 Å². The van der Waals surface area contributed by atoms with Gasteiger partial charge in [0.2, 0.25) is 0 Å². The molecule has 1 fully saturated rings. The summed E-state index contributed by atoms with van der Waals surface area (Å²) < 4.78 is 0. The molecular weight excluding hydrogens is 144 g/mol. The Balaban J connectivity index is 2.44. The monoisotopic (exact) mass is 158 g/mol. The first-order valence-electron chi connectivity index (χ1n) is 4.00. The Hall–Kier alpha value is 0.0300. The average Bonchev–Trinajstić information content (AvgIpc) is 2.64. The van der Waals surface area contributed by atoms with Crippen molar-refractivity contribution in [2.45, 2.75) is 26.7 Å². The van der Waals surface area contributed by atoms with Crippen LogP contribution < -0.4 is 0 Å². The highest BCUT2D eigenvalue weighted by atomic mass is 35.5. The number of alkyl halides is 1. The van der Waals surface area contributed by atoms with E-state index < -0.39 is 0 Å². The van der Waals surface area contributed by atoms with E-state index >= 15 is 0 Å². The number of allylic oxidation sites excluding steroid dienone is 2. The molecule has 1 heteroatoms. The van der Waals surface area contributed by atoms with Crippen molar-refractivity contribution in [2.75, 3.05) is 5.88 Å². The molecule has 0 amide bonds. The predicted octanol–water partition coefficient (Wildman–Crippen LogP) is 3.22. The lowest BCUT2D eigenvalue weighted by Crippen LogP contribution is -1.95. The molecule has 0 aromatic carbocycles. The van der Waals surface area contributed by atoms with Gasteiger partial charge in [-0.05, 0) is 24.7 Å². The second-order valence-electron chi connectivity index (χ2n) is 3.37. The second kappa shape index (κ2) is 3.43. The van der Waals surface area contributed by atoms with Crippen LogP contribution in [0.15, 0.2) is 11.6 Å². The molecule has 58 valence electrons. The van der Waals surface area contributed by atoms with E-state index in [1.807, 2.05) is 0 Å². The average molecular weight is 159 g/mol. The molecule has 1 aliphatic carbocycles. The van der Waals surface area contributed by atoms with Gasteiger partial charge in [0, 0.05) is 5.88 Å². The summed E-state index contributed by atoms with van der Waals surface area (Å²) in [6.45, 7) is 4.41. The molecule has 1 rings (SSSR count). The van der Waals surface area contributed by atoms with Crippen LogP contribution in [0.3, 0.4) is 0 Å². The Bertz CT molecular complexity index is 132. The van der Waals surface area contributed by atoms with E-state index in [0.717, 1.165) is 5.92 Å². The first-order valence-corrected chi connectivity index (χ1v) is 4.54. The summed E-state index contributed by atoms with van der Waals surface area (Å²) in [6.07, 6.45) is 5.12. The molecule has 0 atom stereocenters. The van der Waals surface area contributed by atoms with Crippen LogP contribution in [0.4, 0.5) is 0 Å². The molecule has 0 saturated heterocycles. The Morgan fingerprint density at radius 1 is 1.60 bits per heavy atom. The Kier molecular flexibility index (Phi) is 2.79. The molecular formula is C9H15Cl. The highest BCUT2D eigenvalue weighted by Crippen LogP contribution is 2.32. The quantitative estimate of drug-likeness (QED) is 0.437. The van der Waals surface area contributed by atoms with E-state index in [2.05, 4.69) is 19.9 Å². The third-order valence-electron chi connectivity index (χ3n) is 1.97. The number of halogens is 1. The zero-order valence-electron chi connectivity index (χ0n) is 6.73. The van der Waals surface area contributed by atoms with Crippen molar-refractivity contribution >= 4 is 11.6 Å². The lowest BCUT2D eigenvalue weighted by molar-refractivity contribution is 0.761. The third kappa shape index (κ3) is 2.34. The van der Waals surface area contributed by atoms with Gasteiger partial charge in [0.05, 0.1) is 0 Å². The van der Waals surface area contributed by atoms with E-state index in [0.29, 0.717) is 11.8 Å². The van der Waals surface area contributed by atoms with Crippen molar-refractivity contribution in [3.8, 4) is 0 Å². The van der Waals surface area contributed by atoms with Crippen molar-refractivity contribution in [3.05, 3.63) is 11.6 Å². The Labute approximate surface area is 68.3 Å². The minimum absolute atomic E-state index is 0.637. The van der Waals surface area contributed by atoms with Crippen molar-refractivity contribution in [2.24, 2.45) is 11.8 Å². The zero-order chi connectivity index (χ0) is 7.56. The topological polar surface area (TPSA) is 0 Å². The van der Waals surface area contributed by atoms with Gasteiger partial charge in [0.25, 0.3) is 0 Å². The van der Waals surface area contributed by atoms with E-state index in [9.17, 15) is 0 Å². The summed E-state index contributed by atoms with van der Waals surface area (Å²) in [5.74, 6) is 2.22. The molecule has 0 radical (unpaired) electrons. The van der Waals surface area contributed by atoms with Gasteiger partial charge in [-0.1, -0.05) is 25.5 Å². The third-order valence-corrected chi connectivity index (χ3v) is 2.28. The van der Waals surface area contributed by atoms with Gasteiger partial charge in [-0.15, -0.1) is 11.6 Å². The summed E-state index contributed by atoms with van der Waals surface area (Å²) >= 11 is 5.77. The fraction of sp³-hybridized carbons (Fsp3) is 0.778. The molecule has 0 bridgehead atoms. The maximum absolute atomic E-state index is 5.77. The normalized spacial score (nSPS) is 20.2. The minimum atomic E-state index is 0.637. The van der Waals surface area contributed by atoms with E-state index in [1.54, 1.807) is 0 Å². The van der Waals surface area contributed by atoms with Crippen LogP contribution in [-0.4, -0.2) is 5.88 Å². The first kappa shape index (κ1) is 8.13. The second-order valence-corrected chi connectivity index (χ2v) is 3.63. The van der Waals surface area contributed by atoms with E-state index in [-0.39, 0.29) is 0 Å². The van der Waals surface area contributed by atoms with Gasteiger partial charge in [-0.25, -0.2) is 0 Å². The molecule has 1 saturated carbocycles.